The molecule has 2 nitrogen and oxygen atoms in total. The fourth-order valence-electron chi connectivity index (χ4n) is 2.63. The molecule has 1 aliphatic heterocycles. The lowest BCUT2D eigenvalue weighted by Crippen LogP contribution is -2.46. The standard InChI is InChI=1S/C15H21Cl2NO/c1-10(2)18-15-5-6-19-9-12(15)7-11-8-13(16)3-4-14(11)17/h3-4,8,10,12,15,18H,5-7,9H2,1-2H3/t12-,15+/m1/s1. The lowest BCUT2D eigenvalue weighted by molar-refractivity contribution is 0.0300. The summed E-state index contributed by atoms with van der Waals surface area (Å²) in [7, 11) is 0. The highest BCUT2D eigenvalue weighted by atomic mass is 35.5. The van der Waals surface area contributed by atoms with Crippen molar-refractivity contribution in [3.63, 3.8) is 0 Å². The van der Waals surface area contributed by atoms with Gasteiger partial charge in [-0.2, -0.15) is 0 Å². The Bertz CT molecular complexity index is 423. The second kappa shape index (κ2) is 6.94. The predicted octanol–water partition coefficient (Wildman–Crippen LogP) is 3.94. The van der Waals surface area contributed by atoms with E-state index in [0.717, 1.165) is 41.7 Å². The van der Waals surface area contributed by atoms with Gasteiger partial charge in [0, 0.05) is 34.7 Å². The first-order chi connectivity index (χ1) is 9.06. The van der Waals surface area contributed by atoms with Crippen LogP contribution in [0.5, 0.6) is 0 Å². The molecule has 1 aromatic rings. The van der Waals surface area contributed by atoms with Crippen molar-refractivity contribution in [2.24, 2.45) is 5.92 Å². The molecule has 1 aliphatic rings. The van der Waals surface area contributed by atoms with Crippen molar-refractivity contribution >= 4 is 23.2 Å². The first-order valence-corrected chi connectivity index (χ1v) is 7.59. The largest absolute Gasteiger partial charge is 0.381 e. The van der Waals surface area contributed by atoms with Crippen LogP contribution in [-0.4, -0.2) is 25.3 Å². The van der Waals surface area contributed by atoms with Gasteiger partial charge >= 0.3 is 0 Å². The summed E-state index contributed by atoms with van der Waals surface area (Å²) in [5.41, 5.74) is 1.11. The lowest BCUT2D eigenvalue weighted by Gasteiger charge is -2.34. The molecule has 2 rings (SSSR count). The monoisotopic (exact) mass is 301 g/mol. The van der Waals surface area contributed by atoms with E-state index in [0.29, 0.717) is 18.0 Å². The average molecular weight is 302 g/mol. The van der Waals surface area contributed by atoms with Gasteiger partial charge in [-0.15, -0.1) is 0 Å². The molecule has 0 saturated carbocycles. The summed E-state index contributed by atoms with van der Waals surface area (Å²) in [6.45, 7) is 5.98. The Balaban J connectivity index is 2.08. The van der Waals surface area contributed by atoms with Gasteiger partial charge in [0.1, 0.15) is 0 Å². The summed E-state index contributed by atoms with van der Waals surface area (Å²) in [6, 6.07) is 6.64. The lowest BCUT2D eigenvalue weighted by atomic mass is 9.89. The first kappa shape index (κ1) is 15.1. The molecule has 0 bridgehead atoms. The van der Waals surface area contributed by atoms with Crippen LogP contribution in [0.15, 0.2) is 18.2 Å². The van der Waals surface area contributed by atoms with Gasteiger partial charge in [-0.3, -0.25) is 0 Å². The van der Waals surface area contributed by atoms with Crippen molar-refractivity contribution in [1.82, 2.24) is 5.32 Å². The topological polar surface area (TPSA) is 21.3 Å². The van der Waals surface area contributed by atoms with Crippen molar-refractivity contribution < 1.29 is 4.74 Å². The van der Waals surface area contributed by atoms with Gasteiger partial charge in [0.25, 0.3) is 0 Å². The van der Waals surface area contributed by atoms with Gasteiger partial charge in [0.15, 0.2) is 0 Å². The van der Waals surface area contributed by atoms with Crippen molar-refractivity contribution in [2.45, 2.75) is 38.8 Å². The van der Waals surface area contributed by atoms with Crippen molar-refractivity contribution in [1.29, 1.82) is 0 Å². The molecule has 0 aromatic heterocycles. The second-order valence-corrected chi connectivity index (χ2v) is 6.34. The summed E-state index contributed by atoms with van der Waals surface area (Å²) >= 11 is 12.3. The molecule has 0 aliphatic carbocycles. The van der Waals surface area contributed by atoms with Crippen LogP contribution in [0.4, 0.5) is 0 Å². The zero-order valence-corrected chi connectivity index (χ0v) is 13.0. The summed E-state index contributed by atoms with van der Waals surface area (Å²) in [4.78, 5) is 0. The molecule has 0 amide bonds. The maximum absolute atomic E-state index is 6.25. The Morgan fingerprint density at radius 1 is 1.37 bits per heavy atom. The van der Waals surface area contributed by atoms with Crippen LogP contribution in [0.3, 0.4) is 0 Å². The molecule has 2 atom stereocenters. The van der Waals surface area contributed by atoms with Gasteiger partial charge in [-0.05, 0) is 36.6 Å². The Morgan fingerprint density at radius 3 is 2.89 bits per heavy atom. The third kappa shape index (κ3) is 4.35. The van der Waals surface area contributed by atoms with Crippen LogP contribution in [-0.2, 0) is 11.2 Å². The highest BCUT2D eigenvalue weighted by Gasteiger charge is 2.26. The molecule has 1 fully saturated rings. The molecule has 1 heterocycles. The molecule has 1 saturated heterocycles. The van der Waals surface area contributed by atoms with Crippen LogP contribution >= 0.6 is 23.2 Å². The maximum atomic E-state index is 6.25. The van der Waals surface area contributed by atoms with Gasteiger partial charge < -0.3 is 10.1 Å². The van der Waals surface area contributed by atoms with E-state index in [-0.39, 0.29) is 0 Å². The molecule has 1 aromatic carbocycles. The van der Waals surface area contributed by atoms with Crippen molar-refractivity contribution in [2.75, 3.05) is 13.2 Å². The van der Waals surface area contributed by atoms with Gasteiger partial charge in [0.2, 0.25) is 0 Å². The zero-order valence-electron chi connectivity index (χ0n) is 11.5. The highest BCUT2D eigenvalue weighted by Crippen LogP contribution is 2.26. The van der Waals surface area contributed by atoms with E-state index in [1.807, 2.05) is 18.2 Å². The van der Waals surface area contributed by atoms with Gasteiger partial charge in [-0.1, -0.05) is 37.0 Å². The number of hydrogen-bond donors (Lipinski definition) is 1. The van der Waals surface area contributed by atoms with Crippen LogP contribution in [0.1, 0.15) is 25.8 Å². The Hall–Kier alpha value is -0.280. The number of benzene rings is 1. The fourth-order valence-corrected chi connectivity index (χ4v) is 3.02. The van der Waals surface area contributed by atoms with E-state index in [1.165, 1.54) is 0 Å². The van der Waals surface area contributed by atoms with Crippen LogP contribution in [0.2, 0.25) is 10.0 Å². The van der Waals surface area contributed by atoms with E-state index in [4.69, 9.17) is 27.9 Å². The molecule has 1 N–H and O–H groups in total. The van der Waals surface area contributed by atoms with Crippen molar-refractivity contribution in [3.8, 4) is 0 Å². The van der Waals surface area contributed by atoms with Gasteiger partial charge in [0.05, 0.1) is 6.61 Å². The molecular weight excluding hydrogens is 281 g/mol. The first-order valence-electron chi connectivity index (χ1n) is 6.84. The molecule has 0 spiro atoms. The normalized spacial score (nSPS) is 23.8. The quantitative estimate of drug-likeness (QED) is 0.909. The molecule has 19 heavy (non-hydrogen) atoms. The summed E-state index contributed by atoms with van der Waals surface area (Å²) in [6.07, 6.45) is 1.96. The number of halogens is 2. The van der Waals surface area contributed by atoms with Crippen molar-refractivity contribution in [3.05, 3.63) is 33.8 Å². The fraction of sp³-hybridized carbons (Fsp3) is 0.600. The number of rotatable bonds is 4. The number of nitrogens with one attached hydrogen (secondary N) is 1. The number of ether oxygens (including phenoxy) is 1. The van der Waals surface area contributed by atoms with Crippen LogP contribution in [0.25, 0.3) is 0 Å². The van der Waals surface area contributed by atoms with E-state index in [1.54, 1.807) is 0 Å². The molecule has 0 unspecified atom stereocenters. The minimum absolute atomic E-state index is 0.451. The third-order valence-corrected chi connectivity index (χ3v) is 4.12. The Morgan fingerprint density at radius 2 is 2.16 bits per heavy atom. The van der Waals surface area contributed by atoms with E-state index in [9.17, 15) is 0 Å². The number of hydrogen-bond acceptors (Lipinski definition) is 2. The van der Waals surface area contributed by atoms with Gasteiger partial charge in [-0.25, -0.2) is 0 Å². The molecule has 106 valence electrons. The summed E-state index contributed by atoms with van der Waals surface area (Å²) in [5.74, 6) is 0.451. The van der Waals surface area contributed by atoms with E-state index >= 15 is 0 Å². The Kier molecular flexibility index (Phi) is 5.52. The third-order valence-electron chi connectivity index (χ3n) is 3.51. The minimum Gasteiger partial charge on any atom is -0.381 e. The minimum atomic E-state index is 0.451. The highest BCUT2D eigenvalue weighted by molar-refractivity contribution is 6.33. The SMILES string of the molecule is CC(C)N[C@H]1CCOC[C@H]1Cc1cc(Cl)ccc1Cl. The molecular formula is C15H21Cl2NO. The second-order valence-electron chi connectivity index (χ2n) is 5.49. The average Bonchev–Trinajstić information content (AvgIpc) is 2.35. The molecule has 4 heteroatoms. The van der Waals surface area contributed by atoms with Crippen LogP contribution < -0.4 is 5.32 Å². The zero-order chi connectivity index (χ0) is 13.8. The van der Waals surface area contributed by atoms with E-state index in [2.05, 4.69) is 19.2 Å². The smallest absolute Gasteiger partial charge is 0.0512 e. The maximum Gasteiger partial charge on any atom is 0.0512 e. The predicted molar refractivity (Wildman–Crippen MR) is 81.2 cm³/mol. The van der Waals surface area contributed by atoms with Crippen LogP contribution in [0, 0.1) is 5.92 Å². The Labute approximate surface area is 125 Å². The summed E-state index contributed by atoms with van der Waals surface area (Å²) < 4.78 is 5.62. The summed E-state index contributed by atoms with van der Waals surface area (Å²) in [5, 5.41) is 5.16. The molecule has 0 radical (unpaired) electrons. The van der Waals surface area contributed by atoms with E-state index < -0.39 is 0 Å².